The molecule has 8 heteroatoms. The summed E-state index contributed by atoms with van der Waals surface area (Å²) in [6.45, 7) is 6.77. The van der Waals surface area contributed by atoms with Crippen molar-refractivity contribution in [2.45, 2.75) is 64.6 Å². The van der Waals surface area contributed by atoms with Crippen molar-refractivity contribution in [1.82, 2.24) is 29.5 Å². The molecule has 3 aromatic heterocycles. The lowest BCUT2D eigenvalue weighted by atomic mass is 9.93. The predicted octanol–water partition coefficient (Wildman–Crippen LogP) is 4.93. The molecule has 1 N–H and O–H groups in total. The van der Waals surface area contributed by atoms with Crippen molar-refractivity contribution in [2.75, 3.05) is 0 Å². The Labute approximate surface area is 193 Å². The summed E-state index contributed by atoms with van der Waals surface area (Å²) in [7, 11) is 0. The number of hydrogen-bond donors (Lipinski definition) is 1. The second-order valence-electron chi connectivity index (χ2n) is 9.18. The van der Waals surface area contributed by atoms with E-state index >= 15 is 0 Å². The molecule has 1 amide bonds. The van der Waals surface area contributed by atoms with E-state index in [1.165, 1.54) is 0 Å². The van der Waals surface area contributed by atoms with Crippen LogP contribution in [0.15, 0.2) is 48.8 Å². The molecule has 1 aromatic carbocycles. The van der Waals surface area contributed by atoms with Gasteiger partial charge >= 0.3 is 6.09 Å². The maximum atomic E-state index is 13.1. The standard InChI is InChI=1S/C25H30N6O2/c1-4-18-12-19(33-25(32)30(16(2)3)15-17-8-6-5-7-9-17)13-20(18)24-29-28-22-14-27-23-21(31(22)24)10-11-26-23/h5-11,14,16,18-20,26H,4,12-13,15H2,1-3H3/t18-,19+,20+/m1/s1. The second-order valence-corrected chi connectivity index (χ2v) is 9.18. The van der Waals surface area contributed by atoms with E-state index < -0.39 is 0 Å². The molecule has 0 bridgehead atoms. The van der Waals surface area contributed by atoms with Crippen LogP contribution in [-0.4, -0.2) is 47.7 Å². The van der Waals surface area contributed by atoms with Crippen molar-refractivity contribution in [2.24, 2.45) is 5.92 Å². The molecule has 33 heavy (non-hydrogen) atoms. The molecule has 1 aliphatic carbocycles. The first-order valence-electron chi connectivity index (χ1n) is 11.7. The summed E-state index contributed by atoms with van der Waals surface area (Å²) in [5, 5.41) is 8.91. The molecular weight excluding hydrogens is 416 g/mol. The summed E-state index contributed by atoms with van der Waals surface area (Å²) in [5.41, 5.74) is 3.61. The predicted molar refractivity (Wildman–Crippen MR) is 126 cm³/mol. The van der Waals surface area contributed by atoms with E-state index in [9.17, 15) is 4.79 Å². The van der Waals surface area contributed by atoms with Crippen molar-refractivity contribution < 1.29 is 9.53 Å². The van der Waals surface area contributed by atoms with E-state index in [1.54, 1.807) is 11.1 Å². The van der Waals surface area contributed by atoms with E-state index in [-0.39, 0.29) is 24.2 Å². The van der Waals surface area contributed by atoms with E-state index in [0.717, 1.165) is 47.5 Å². The van der Waals surface area contributed by atoms with Gasteiger partial charge in [0.25, 0.3) is 0 Å². The van der Waals surface area contributed by atoms with Crippen molar-refractivity contribution in [3.05, 3.63) is 60.2 Å². The molecular formula is C25H30N6O2. The molecule has 1 saturated carbocycles. The average molecular weight is 447 g/mol. The van der Waals surface area contributed by atoms with Crippen LogP contribution in [-0.2, 0) is 11.3 Å². The number of aromatic amines is 1. The summed E-state index contributed by atoms with van der Waals surface area (Å²) in [5.74, 6) is 1.47. The summed E-state index contributed by atoms with van der Waals surface area (Å²) in [4.78, 5) is 22.5. The number of nitrogens with zero attached hydrogens (tertiary/aromatic N) is 5. The van der Waals surface area contributed by atoms with Crippen molar-refractivity contribution >= 4 is 22.9 Å². The van der Waals surface area contributed by atoms with Gasteiger partial charge in [0, 0.05) is 24.7 Å². The number of ether oxygens (including phenoxy) is 1. The number of carbonyl (C=O) groups is 1. The molecule has 3 heterocycles. The second kappa shape index (κ2) is 8.84. The van der Waals surface area contributed by atoms with Crippen LogP contribution < -0.4 is 0 Å². The average Bonchev–Trinajstić information content (AvgIpc) is 3.54. The van der Waals surface area contributed by atoms with Gasteiger partial charge in [0.05, 0.1) is 11.7 Å². The SMILES string of the molecule is CC[C@@H]1C[C@H](OC(=O)N(Cc2ccccc2)C(C)C)C[C@@H]1c1nnc2cnc3[nH]ccc3n12. The van der Waals surface area contributed by atoms with Gasteiger partial charge in [0.1, 0.15) is 11.9 Å². The fourth-order valence-corrected chi connectivity index (χ4v) is 5.02. The number of aromatic nitrogens is 5. The van der Waals surface area contributed by atoms with E-state index in [1.807, 2.05) is 56.4 Å². The van der Waals surface area contributed by atoms with Gasteiger partial charge in [-0.05, 0) is 44.2 Å². The van der Waals surface area contributed by atoms with Crippen LogP contribution in [0.2, 0.25) is 0 Å². The number of benzene rings is 1. The first-order valence-corrected chi connectivity index (χ1v) is 11.7. The molecule has 0 unspecified atom stereocenters. The highest BCUT2D eigenvalue weighted by Gasteiger charge is 2.39. The van der Waals surface area contributed by atoms with Crippen LogP contribution >= 0.6 is 0 Å². The number of hydrogen-bond acceptors (Lipinski definition) is 5. The van der Waals surface area contributed by atoms with Gasteiger partial charge in [0.2, 0.25) is 0 Å². The minimum atomic E-state index is -0.252. The zero-order valence-electron chi connectivity index (χ0n) is 19.3. The topological polar surface area (TPSA) is 88.4 Å². The van der Waals surface area contributed by atoms with E-state index in [2.05, 4.69) is 31.5 Å². The summed E-state index contributed by atoms with van der Waals surface area (Å²) in [6.07, 6.45) is 5.81. The Bertz CT molecular complexity index is 1250. The Morgan fingerprint density at radius 3 is 2.79 bits per heavy atom. The Morgan fingerprint density at radius 1 is 1.21 bits per heavy atom. The normalized spacial score (nSPS) is 20.7. The van der Waals surface area contributed by atoms with Crippen LogP contribution in [0.1, 0.15) is 57.3 Å². The molecule has 8 nitrogen and oxygen atoms in total. The fraction of sp³-hybridized carbons (Fsp3) is 0.440. The lowest BCUT2D eigenvalue weighted by Gasteiger charge is -2.27. The molecule has 3 atom stereocenters. The van der Waals surface area contributed by atoms with Gasteiger partial charge in [-0.3, -0.25) is 4.40 Å². The third-order valence-electron chi connectivity index (χ3n) is 6.80. The first-order chi connectivity index (χ1) is 16.0. The Balaban J connectivity index is 1.36. The Kier molecular flexibility index (Phi) is 5.74. The largest absolute Gasteiger partial charge is 0.446 e. The molecule has 0 saturated heterocycles. The van der Waals surface area contributed by atoms with Crippen molar-refractivity contribution in [3.8, 4) is 0 Å². The number of H-pyrrole nitrogens is 1. The maximum Gasteiger partial charge on any atom is 0.410 e. The zero-order valence-corrected chi connectivity index (χ0v) is 19.3. The first kappa shape index (κ1) is 21.4. The summed E-state index contributed by atoms with van der Waals surface area (Å²) in [6, 6.07) is 12.1. The number of fused-ring (bicyclic) bond motifs is 3. The smallest absolute Gasteiger partial charge is 0.410 e. The van der Waals surface area contributed by atoms with Crippen LogP contribution in [0.3, 0.4) is 0 Å². The number of rotatable bonds is 6. The van der Waals surface area contributed by atoms with E-state index in [0.29, 0.717) is 12.5 Å². The maximum absolute atomic E-state index is 13.1. The van der Waals surface area contributed by atoms with Gasteiger partial charge < -0.3 is 14.6 Å². The Morgan fingerprint density at radius 2 is 2.03 bits per heavy atom. The monoisotopic (exact) mass is 446 g/mol. The van der Waals surface area contributed by atoms with Gasteiger partial charge in [-0.1, -0.05) is 43.7 Å². The molecule has 4 aromatic rings. The number of amides is 1. The third kappa shape index (κ3) is 4.05. The highest BCUT2D eigenvalue weighted by atomic mass is 16.6. The van der Waals surface area contributed by atoms with Crippen LogP contribution in [0, 0.1) is 5.92 Å². The molecule has 0 spiro atoms. The van der Waals surface area contributed by atoms with Gasteiger partial charge in [-0.15, -0.1) is 10.2 Å². The number of nitrogens with one attached hydrogen (secondary N) is 1. The summed E-state index contributed by atoms with van der Waals surface area (Å²) >= 11 is 0. The van der Waals surface area contributed by atoms with Crippen LogP contribution in [0.4, 0.5) is 4.79 Å². The van der Waals surface area contributed by atoms with Gasteiger partial charge in [0.15, 0.2) is 11.3 Å². The minimum absolute atomic E-state index is 0.0479. The highest BCUT2D eigenvalue weighted by Crippen LogP contribution is 2.42. The lowest BCUT2D eigenvalue weighted by molar-refractivity contribution is 0.0528. The molecule has 1 aliphatic rings. The lowest BCUT2D eigenvalue weighted by Crippen LogP contribution is -2.38. The quantitative estimate of drug-likeness (QED) is 0.454. The van der Waals surface area contributed by atoms with Crippen molar-refractivity contribution in [1.29, 1.82) is 0 Å². The van der Waals surface area contributed by atoms with Crippen molar-refractivity contribution in [3.63, 3.8) is 0 Å². The van der Waals surface area contributed by atoms with Gasteiger partial charge in [-0.25, -0.2) is 9.78 Å². The molecule has 172 valence electrons. The highest BCUT2D eigenvalue weighted by molar-refractivity contribution is 5.74. The van der Waals surface area contributed by atoms with E-state index in [4.69, 9.17) is 4.74 Å². The molecule has 0 aliphatic heterocycles. The number of carbonyl (C=O) groups excluding carboxylic acids is 1. The van der Waals surface area contributed by atoms with Gasteiger partial charge in [-0.2, -0.15) is 0 Å². The van der Waals surface area contributed by atoms with Crippen LogP contribution in [0.5, 0.6) is 0 Å². The van der Waals surface area contributed by atoms with Crippen LogP contribution in [0.25, 0.3) is 16.8 Å². The minimum Gasteiger partial charge on any atom is -0.446 e. The third-order valence-corrected chi connectivity index (χ3v) is 6.80. The Hall–Kier alpha value is -3.42. The molecule has 5 rings (SSSR count). The summed E-state index contributed by atoms with van der Waals surface area (Å²) < 4.78 is 8.15. The molecule has 0 radical (unpaired) electrons. The fourth-order valence-electron chi connectivity index (χ4n) is 5.02. The molecule has 1 fully saturated rings. The zero-order chi connectivity index (χ0) is 22.9.